The molecule has 0 aromatic heterocycles. The van der Waals surface area contributed by atoms with Crippen molar-refractivity contribution in [2.75, 3.05) is 0 Å². The molecule has 3 heteroatoms. The molecule has 2 rings (SSSR count). The van der Waals surface area contributed by atoms with Crippen LogP contribution in [0.5, 0.6) is 0 Å². The second-order valence-corrected chi connectivity index (χ2v) is 6.96. The first-order chi connectivity index (χ1) is 8.12. The van der Waals surface area contributed by atoms with E-state index < -0.39 is 11.0 Å². The molecule has 3 atom stereocenters. The van der Waals surface area contributed by atoms with Gasteiger partial charge >= 0.3 is 0 Å². The third kappa shape index (κ3) is 1.80. The Labute approximate surface area is 109 Å². The van der Waals surface area contributed by atoms with E-state index >= 15 is 0 Å². The minimum Gasteiger partial charge on any atom is -0.390 e. The number of carbonyl (C=O) groups is 1. The summed E-state index contributed by atoms with van der Waals surface area (Å²) in [5.74, 6) is 0.171. The number of carbonyl (C=O) groups excluding carboxylic acids is 1. The van der Waals surface area contributed by atoms with Gasteiger partial charge in [0.15, 0.2) is 5.78 Å². The number of Topliss-reactive ketones (excluding diaryl/α,β-unsaturated/α-hetero) is 1. The first-order valence-corrected chi connectivity index (χ1v) is 6.50. The number of allylic oxidation sites excluding steroid dienone is 2. The maximum Gasteiger partial charge on any atom is 0.226 e. The number of aliphatic hydroxyl groups is 1. The van der Waals surface area contributed by atoms with E-state index in [0.29, 0.717) is 6.42 Å². The molecule has 1 N–H and O–H groups in total. The molecule has 3 nitrogen and oxygen atoms in total. The second-order valence-electron chi connectivity index (χ2n) is 6.96. The van der Waals surface area contributed by atoms with Gasteiger partial charge in [0.25, 0.3) is 0 Å². The Bertz CT molecular complexity index is 467. The molecule has 0 radical (unpaired) electrons. The Morgan fingerprint density at radius 2 is 2.00 bits per heavy atom. The topological polar surface area (TPSA) is 41.7 Å². The first-order valence-electron chi connectivity index (χ1n) is 6.50. The van der Waals surface area contributed by atoms with Crippen LogP contribution in [0.4, 0.5) is 0 Å². The van der Waals surface area contributed by atoms with E-state index in [1.54, 1.807) is 0 Å². The van der Waals surface area contributed by atoms with Crippen LogP contribution in [0.25, 0.3) is 4.85 Å². The van der Waals surface area contributed by atoms with Crippen molar-refractivity contribution in [2.45, 2.75) is 52.6 Å². The van der Waals surface area contributed by atoms with Crippen molar-refractivity contribution in [2.24, 2.45) is 16.7 Å². The third-order valence-electron chi connectivity index (χ3n) is 4.81. The summed E-state index contributed by atoms with van der Waals surface area (Å²) >= 11 is 0. The minimum absolute atomic E-state index is 0.0403. The Morgan fingerprint density at radius 1 is 1.39 bits per heavy atom. The van der Waals surface area contributed by atoms with E-state index in [4.69, 9.17) is 6.57 Å². The van der Waals surface area contributed by atoms with E-state index in [-0.39, 0.29) is 22.8 Å². The summed E-state index contributed by atoms with van der Waals surface area (Å²) in [6.07, 6.45) is 4.00. The highest BCUT2D eigenvalue weighted by molar-refractivity contribution is 6.02. The van der Waals surface area contributed by atoms with E-state index in [2.05, 4.69) is 11.8 Å². The van der Waals surface area contributed by atoms with Gasteiger partial charge in [0.05, 0.1) is 12.2 Å². The van der Waals surface area contributed by atoms with Crippen molar-refractivity contribution in [3.05, 3.63) is 23.2 Å². The molecule has 0 unspecified atom stereocenters. The highest BCUT2D eigenvalue weighted by atomic mass is 16.3. The molecule has 0 heterocycles. The van der Waals surface area contributed by atoms with Gasteiger partial charge in [-0.1, -0.05) is 26.8 Å². The predicted molar refractivity (Wildman–Crippen MR) is 69.5 cm³/mol. The van der Waals surface area contributed by atoms with Gasteiger partial charge < -0.3 is 9.90 Å². The quantitative estimate of drug-likeness (QED) is 0.669. The summed E-state index contributed by atoms with van der Waals surface area (Å²) in [5, 5.41) is 10.3. The van der Waals surface area contributed by atoms with Crippen LogP contribution in [0.2, 0.25) is 0 Å². The zero-order valence-corrected chi connectivity index (χ0v) is 11.6. The fourth-order valence-electron chi connectivity index (χ4n) is 4.10. The summed E-state index contributed by atoms with van der Waals surface area (Å²) in [5.41, 5.74) is -1.19. The van der Waals surface area contributed by atoms with Gasteiger partial charge in [-0.25, -0.2) is 4.85 Å². The molecule has 2 aliphatic rings. The molecular weight excluding hydrogens is 226 g/mol. The lowest BCUT2D eigenvalue weighted by Gasteiger charge is -2.54. The molecule has 1 saturated carbocycles. The van der Waals surface area contributed by atoms with Crippen LogP contribution in [0.1, 0.15) is 47.0 Å². The molecule has 0 aliphatic heterocycles. The van der Waals surface area contributed by atoms with Gasteiger partial charge in [0.2, 0.25) is 5.70 Å². The molecule has 0 aromatic rings. The van der Waals surface area contributed by atoms with Crippen molar-refractivity contribution in [3.63, 3.8) is 0 Å². The number of hydrogen-bond acceptors (Lipinski definition) is 2. The summed E-state index contributed by atoms with van der Waals surface area (Å²) in [7, 11) is 0. The highest BCUT2D eigenvalue weighted by Crippen LogP contribution is 2.57. The van der Waals surface area contributed by atoms with Gasteiger partial charge in [-0.2, -0.15) is 0 Å². The van der Waals surface area contributed by atoms with Crippen molar-refractivity contribution >= 4 is 5.78 Å². The lowest BCUT2D eigenvalue weighted by atomic mass is 9.51. The molecule has 0 bridgehead atoms. The van der Waals surface area contributed by atoms with Crippen LogP contribution in [-0.4, -0.2) is 16.5 Å². The van der Waals surface area contributed by atoms with Crippen LogP contribution in [0.3, 0.4) is 0 Å². The Hall–Kier alpha value is -1.14. The molecule has 98 valence electrons. The van der Waals surface area contributed by atoms with Crippen LogP contribution < -0.4 is 0 Å². The molecular formula is C15H21NO2. The van der Waals surface area contributed by atoms with Gasteiger partial charge in [-0.05, 0) is 37.5 Å². The van der Waals surface area contributed by atoms with Gasteiger partial charge in [0.1, 0.15) is 0 Å². The van der Waals surface area contributed by atoms with Gasteiger partial charge in [-0.3, -0.25) is 0 Å². The monoisotopic (exact) mass is 247 g/mol. The number of fused-ring (bicyclic) bond motifs is 1. The van der Waals surface area contributed by atoms with Crippen molar-refractivity contribution in [3.8, 4) is 0 Å². The maximum atomic E-state index is 12.3. The number of hydrogen-bond donors (Lipinski definition) is 1. The third-order valence-corrected chi connectivity index (χ3v) is 4.81. The standard InChI is InChI=1S/C15H21NO2/c1-13(2)11-6-7-15(4,18)9-14(11,3)8-10(16-5)12(13)17/h8,11,18H,6-7,9H2,1-4H3/t11-,14+,15-/m0/s1. The van der Waals surface area contributed by atoms with Crippen LogP contribution in [0.15, 0.2) is 11.8 Å². The molecule has 0 aromatic carbocycles. The molecule has 0 saturated heterocycles. The van der Waals surface area contributed by atoms with Crippen LogP contribution in [-0.2, 0) is 4.79 Å². The van der Waals surface area contributed by atoms with Crippen LogP contribution in [0, 0.1) is 23.3 Å². The number of rotatable bonds is 0. The Morgan fingerprint density at radius 3 is 2.56 bits per heavy atom. The van der Waals surface area contributed by atoms with E-state index in [1.807, 2.05) is 26.8 Å². The van der Waals surface area contributed by atoms with Gasteiger partial charge in [0, 0.05) is 5.41 Å². The Kier molecular flexibility index (Phi) is 2.72. The molecule has 18 heavy (non-hydrogen) atoms. The average Bonchev–Trinajstić information content (AvgIpc) is 2.21. The van der Waals surface area contributed by atoms with E-state index in [0.717, 1.165) is 12.8 Å². The van der Waals surface area contributed by atoms with Crippen molar-refractivity contribution in [1.29, 1.82) is 0 Å². The second kappa shape index (κ2) is 3.68. The maximum absolute atomic E-state index is 12.3. The fraction of sp³-hybridized carbons (Fsp3) is 0.733. The normalized spacial score (nSPS) is 42.8. The number of ketones is 1. The van der Waals surface area contributed by atoms with E-state index in [1.165, 1.54) is 0 Å². The molecule has 1 fully saturated rings. The van der Waals surface area contributed by atoms with Crippen LogP contribution >= 0.6 is 0 Å². The fourth-order valence-corrected chi connectivity index (χ4v) is 4.10. The predicted octanol–water partition coefficient (Wildman–Crippen LogP) is 2.96. The minimum atomic E-state index is -0.689. The summed E-state index contributed by atoms with van der Waals surface area (Å²) < 4.78 is 0. The molecule has 0 spiro atoms. The van der Waals surface area contributed by atoms with Gasteiger partial charge in [-0.15, -0.1) is 0 Å². The zero-order valence-electron chi connectivity index (χ0n) is 11.6. The van der Waals surface area contributed by atoms with E-state index in [9.17, 15) is 9.90 Å². The first kappa shape index (κ1) is 13.3. The summed E-state index contributed by atoms with van der Waals surface area (Å²) in [6.45, 7) is 15.0. The molecule has 0 amide bonds. The average molecular weight is 247 g/mol. The summed E-state index contributed by atoms with van der Waals surface area (Å²) in [4.78, 5) is 15.7. The largest absolute Gasteiger partial charge is 0.390 e. The summed E-state index contributed by atoms with van der Waals surface area (Å²) in [6, 6.07) is 0. The van der Waals surface area contributed by atoms with Crippen molar-refractivity contribution in [1.82, 2.24) is 0 Å². The van der Waals surface area contributed by atoms with Crippen molar-refractivity contribution < 1.29 is 9.90 Å². The molecule has 2 aliphatic carbocycles. The highest BCUT2D eigenvalue weighted by Gasteiger charge is 2.55. The lowest BCUT2D eigenvalue weighted by Crippen LogP contribution is -2.52. The smallest absolute Gasteiger partial charge is 0.226 e. The SMILES string of the molecule is [C-]#[N+]C1=C[C@]2(C)C[C@@](C)(O)CC[C@H]2C(C)(C)C1=O. The number of nitrogens with zero attached hydrogens (tertiary/aromatic N) is 1. The lowest BCUT2D eigenvalue weighted by molar-refractivity contribution is -0.136. The zero-order chi connectivity index (χ0) is 13.8. The Balaban J connectivity index is 2.53.